The Kier molecular flexibility index (Phi) is 5.02. The molecule has 2 atom stereocenters. The van der Waals surface area contributed by atoms with Crippen molar-refractivity contribution in [1.29, 1.82) is 0 Å². The zero-order valence-electron chi connectivity index (χ0n) is 7.76. The molecule has 1 fully saturated rings. The quantitative estimate of drug-likeness (QED) is 0.465. The lowest BCUT2D eigenvalue weighted by atomic mass is 10.4. The van der Waals surface area contributed by atoms with E-state index in [4.69, 9.17) is 9.47 Å². The third-order valence-corrected chi connectivity index (χ3v) is 2.23. The van der Waals surface area contributed by atoms with E-state index in [1.165, 1.54) is 0 Å². The molecule has 0 saturated carbocycles. The summed E-state index contributed by atoms with van der Waals surface area (Å²) < 4.78 is 29.3. The zero-order valence-corrected chi connectivity index (χ0v) is 8.58. The second-order valence-corrected chi connectivity index (χ2v) is 3.42. The molecule has 0 radical (unpaired) electrons. The van der Waals surface area contributed by atoms with Crippen LogP contribution in [0.1, 0.15) is 6.42 Å². The molecule has 0 aromatic heterocycles. The van der Waals surface area contributed by atoms with Crippen LogP contribution in [0.2, 0.25) is 0 Å². The van der Waals surface area contributed by atoms with E-state index in [-0.39, 0.29) is 13.2 Å². The van der Waals surface area contributed by atoms with Crippen LogP contribution in [-0.2, 0) is 34.0 Å². The summed E-state index contributed by atoms with van der Waals surface area (Å²) in [4.78, 5) is 11.2. The van der Waals surface area contributed by atoms with Gasteiger partial charge in [-0.15, -0.1) is 0 Å². The summed E-state index contributed by atoms with van der Waals surface area (Å²) in [6.45, 7) is 0.774. The molecule has 0 aromatic carbocycles. The molecule has 0 aromatic rings. The molecule has 1 aliphatic heterocycles. The van der Waals surface area contributed by atoms with Crippen molar-refractivity contribution in [2.45, 2.75) is 12.5 Å². The molecule has 0 bridgehead atoms. The second kappa shape index (κ2) is 6.07. The number of hydrogen-bond acceptors (Lipinski definition) is 6. The van der Waals surface area contributed by atoms with Gasteiger partial charge in [0.2, 0.25) is 0 Å². The van der Waals surface area contributed by atoms with Crippen molar-refractivity contribution in [2.24, 2.45) is 0 Å². The molecular weight excluding hydrogens is 212 g/mol. The molecule has 6 nitrogen and oxygen atoms in total. The van der Waals surface area contributed by atoms with E-state index in [9.17, 15) is 9.00 Å². The van der Waals surface area contributed by atoms with Gasteiger partial charge in [0.25, 0.3) is 0 Å². The highest BCUT2D eigenvalue weighted by Crippen LogP contribution is 2.10. The standard InChI is InChI=1S/C7H12O6S/c1-10-3-2-4-11-7(8)6-5-12-14(9)13-6/h6H,2-5H2,1H3. The van der Waals surface area contributed by atoms with Crippen molar-refractivity contribution in [3.63, 3.8) is 0 Å². The van der Waals surface area contributed by atoms with Crippen molar-refractivity contribution in [3.8, 4) is 0 Å². The summed E-state index contributed by atoms with van der Waals surface area (Å²) in [5.41, 5.74) is 0. The van der Waals surface area contributed by atoms with E-state index in [1.807, 2.05) is 0 Å². The summed E-state index contributed by atoms with van der Waals surface area (Å²) in [6, 6.07) is 0. The van der Waals surface area contributed by atoms with Gasteiger partial charge in [-0.25, -0.2) is 4.79 Å². The monoisotopic (exact) mass is 224 g/mol. The van der Waals surface area contributed by atoms with Crippen LogP contribution in [-0.4, -0.2) is 43.2 Å². The molecule has 0 aliphatic carbocycles. The molecule has 0 N–H and O–H groups in total. The average molecular weight is 224 g/mol. The van der Waals surface area contributed by atoms with E-state index in [0.29, 0.717) is 13.0 Å². The first-order valence-corrected chi connectivity index (χ1v) is 5.12. The number of methoxy groups -OCH3 is 1. The Bertz CT molecular complexity index is 218. The molecule has 1 heterocycles. The summed E-state index contributed by atoms with van der Waals surface area (Å²) in [5.74, 6) is -0.549. The molecule has 0 amide bonds. The smallest absolute Gasteiger partial charge is 0.339 e. The Morgan fingerprint density at radius 1 is 1.57 bits per heavy atom. The minimum Gasteiger partial charge on any atom is -0.464 e. The van der Waals surface area contributed by atoms with Crippen molar-refractivity contribution in [1.82, 2.24) is 0 Å². The topological polar surface area (TPSA) is 71.1 Å². The van der Waals surface area contributed by atoms with Crippen LogP contribution in [0.5, 0.6) is 0 Å². The molecule has 1 rings (SSSR count). The summed E-state index contributed by atoms with van der Waals surface area (Å²) in [5, 5.41) is 0. The maximum absolute atomic E-state index is 11.2. The van der Waals surface area contributed by atoms with E-state index in [0.717, 1.165) is 0 Å². The van der Waals surface area contributed by atoms with E-state index in [2.05, 4.69) is 8.37 Å². The number of esters is 1. The molecule has 1 saturated heterocycles. The highest BCUT2D eigenvalue weighted by molar-refractivity contribution is 7.75. The Morgan fingerprint density at radius 2 is 2.36 bits per heavy atom. The van der Waals surface area contributed by atoms with Crippen LogP contribution in [0, 0.1) is 0 Å². The normalized spacial score (nSPS) is 26.4. The largest absolute Gasteiger partial charge is 0.464 e. The van der Waals surface area contributed by atoms with Crippen molar-refractivity contribution < 1.29 is 26.8 Å². The van der Waals surface area contributed by atoms with Crippen molar-refractivity contribution >= 4 is 17.3 Å². The minimum atomic E-state index is -1.81. The van der Waals surface area contributed by atoms with Gasteiger partial charge in [-0.2, -0.15) is 4.21 Å². The molecule has 82 valence electrons. The number of rotatable bonds is 5. The maximum atomic E-state index is 11.2. The van der Waals surface area contributed by atoms with E-state index >= 15 is 0 Å². The number of hydrogen-bond donors (Lipinski definition) is 0. The van der Waals surface area contributed by atoms with Gasteiger partial charge in [0.1, 0.15) is 6.61 Å². The SMILES string of the molecule is COCCCOC(=O)C1COS(=O)O1. The molecular formula is C7H12O6S. The average Bonchev–Trinajstić information content (AvgIpc) is 2.59. The summed E-state index contributed by atoms with van der Waals surface area (Å²) in [7, 11) is 1.57. The van der Waals surface area contributed by atoms with Gasteiger partial charge in [-0.3, -0.25) is 8.37 Å². The highest BCUT2D eigenvalue weighted by atomic mass is 32.2. The van der Waals surface area contributed by atoms with Crippen LogP contribution >= 0.6 is 0 Å². The predicted molar refractivity (Wildman–Crippen MR) is 46.4 cm³/mol. The van der Waals surface area contributed by atoms with E-state index in [1.54, 1.807) is 7.11 Å². The Labute approximate surface area is 84.3 Å². The number of ether oxygens (including phenoxy) is 2. The molecule has 2 unspecified atom stereocenters. The first-order chi connectivity index (χ1) is 6.74. The Morgan fingerprint density at radius 3 is 2.93 bits per heavy atom. The lowest BCUT2D eigenvalue weighted by Gasteiger charge is -2.06. The Hall–Kier alpha value is -0.500. The van der Waals surface area contributed by atoms with Crippen LogP contribution in [0.3, 0.4) is 0 Å². The zero-order chi connectivity index (χ0) is 10.4. The highest BCUT2D eigenvalue weighted by Gasteiger charge is 2.31. The fourth-order valence-corrected chi connectivity index (χ4v) is 1.46. The Balaban J connectivity index is 2.12. The predicted octanol–water partition coefficient (Wildman–Crippen LogP) is -0.440. The van der Waals surface area contributed by atoms with Crippen LogP contribution < -0.4 is 0 Å². The third kappa shape index (κ3) is 3.70. The molecule has 7 heteroatoms. The van der Waals surface area contributed by atoms with Gasteiger partial charge in [-0.1, -0.05) is 0 Å². The van der Waals surface area contributed by atoms with Gasteiger partial charge in [0.05, 0.1) is 6.61 Å². The summed E-state index contributed by atoms with van der Waals surface area (Å²) >= 11 is -1.81. The fourth-order valence-electron chi connectivity index (χ4n) is 0.844. The number of carbonyl (C=O) groups excluding carboxylic acids is 1. The van der Waals surface area contributed by atoms with Crippen LogP contribution in [0.4, 0.5) is 0 Å². The van der Waals surface area contributed by atoms with Gasteiger partial charge < -0.3 is 9.47 Å². The van der Waals surface area contributed by atoms with Gasteiger partial charge in [0, 0.05) is 20.1 Å². The lowest BCUT2D eigenvalue weighted by Crippen LogP contribution is -2.25. The van der Waals surface area contributed by atoms with Crippen LogP contribution in [0.25, 0.3) is 0 Å². The van der Waals surface area contributed by atoms with Crippen molar-refractivity contribution in [3.05, 3.63) is 0 Å². The molecule has 14 heavy (non-hydrogen) atoms. The van der Waals surface area contributed by atoms with E-state index < -0.39 is 23.4 Å². The second-order valence-electron chi connectivity index (χ2n) is 2.59. The third-order valence-electron chi connectivity index (χ3n) is 1.51. The minimum absolute atomic E-state index is 0.0181. The lowest BCUT2D eigenvalue weighted by molar-refractivity contribution is -0.151. The van der Waals surface area contributed by atoms with Gasteiger partial charge in [0.15, 0.2) is 6.10 Å². The fraction of sp³-hybridized carbons (Fsp3) is 0.857. The first kappa shape index (κ1) is 11.6. The van der Waals surface area contributed by atoms with Crippen molar-refractivity contribution in [2.75, 3.05) is 26.9 Å². The van der Waals surface area contributed by atoms with Gasteiger partial charge >= 0.3 is 17.3 Å². The molecule has 0 spiro atoms. The first-order valence-electron chi connectivity index (χ1n) is 4.12. The number of carbonyl (C=O) groups is 1. The van der Waals surface area contributed by atoms with Gasteiger partial charge in [-0.05, 0) is 0 Å². The summed E-state index contributed by atoms with van der Waals surface area (Å²) in [6.07, 6.45) is -0.239. The molecule has 1 aliphatic rings. The maximum Gasteiger partial charge on any atom is 0.339 e. The van der Waals surface area contributed by atoms with Crippen LogP contribution in [0.15, 0.2) is 0 Å².